The van der Waals surface area contributed by atoms with Gasteiger partial charge in [-0.1, -0.05) is 5.92 Å². The van der Waals surface area contributed by atoms with Crippen LogP contribution in [0.5, 0.6) is 0 Å². The Bertz CT molecular complexity index is 373. The van der Waals surface area contributed by atoms with Gasteiger partial charge in [-0.15, -0.1) is 5.92 Å². The van der Waals surface area contributed by atoms with E-state index in [1.54, 1.807) is 7.11 Å². The van der Waals surface area contributed by atoms with E-state index in [1.807, 2.05) is 20.0 Å². The molecule has 0 radical (unpaired) electrons. The molecule has 88 valence electrons. The highest BCUT2D eigenvalue weighted by Gasteiger charge is 2.04. The molecular formula is C12H19N3O. The van der Waals surface area contributed by atoms with E-state index >= 15 is 0 Å². The summed E-state index contributed by atoms with van der Waals surface area (Å²) >= 11 is 0. The van der Waals surface area contributed by atoms with E-state index in [9.17, 15) is 0 Å². The Hall–Kier alpha value is -1.31. The molecule has 0 aromatic carbocycles. The van der Waals surface area contributed by atoms with Gasteiger partial charge in [-0.05, 0) is 13.8 Å². The minimum absolute atomic E-state index is 0.712. The van der Waals surface area contributed by atoms with Gasteiger partial charge in [0, 0.05) is 26.4 Å². The lowest BCUT2D eigenvalue weighted by atomic mass is 10.4. The van der Waals surface area contributed by atoms with Crippen molar-refractivity contribution in [2.75, 3.05) is 20.3 Å². The Kier molecular flexibility index (Phi) is 5.62. The number of aromatic nitrogens is 2. The van der Waals surface area contributed by atoms with Crippen molar-refractivity contribution in [2.24, 2.45) is 0 Å². The summed E-state index contributed by atoms with van der Waals surface area (Å²) in [6.07, 6.45) is 1.90. The van der Waals surface area contributed by atoms with Crippen molar-refractivity contribution in [3.8, 4) is 11.8 Å². The van der Waals surface area contributed by atoms with Crippen molar-refractivity contribution in [1.82, 2.24) is 14.9 Å². The molecule has 1 aromatic rings. The lowest BCUT2D eigenvalue weighted by Gasteiger charge is -2.07. The van der Waals surface area contributed by atoms with Crippen LogP contribution in [0.15, 0.2) is 6.20 Å². The number of hydrogen-bond acceptors (Lipinski definition) is 3. The van der Waals surface area contributed by atoms with Crippen LogP contribution in [-0.2, 0) is 17.8 Å². The Morgan fingerprint density at radius 3 is 3.06 bits per heavy atom. The molecule has 0 aliphatic rings. The van der Waals surface area contributed by atoms with Crippen LogP contribution < -0.4 is 5.32 Å². The van der Waals surface area contributed by atoms with Crippen molar-refractivity contribution >= 4 is 0 Å². The zero-order chi connectivity index (χ0) is 11.8. The van der Waals surface area contributed by atoms with E-state index in [1.165, 1.54) is 0 Å². The first-order valence-corrected chi connectivity index (χ1v) is 5.40. The summed E-state index contributed by atoms with van der Waals surface area (Å²) in [4.78, 5) is 4.29. The van der Waals surface area contributed by atoms with E-state index in [0.29, 0.717) is 6.54 Å². The van der Waals surface area contributed by atoms with Crippen LogP contribution in [0.3, 0.4) is 0 Å². The fourth-order valence-electron chi connectivity index (χ4n) is 1.42. The average molecular weight is 221 g/mol. The number of aryl methyl sites for hydroxylation is 1. The zero-order valence-corrected chi connectivity index (χ0v) is 10.2. The highest BCUT2D eigenvalue weighted by atomic mass is 16.5. The van der Waals surface area contributed by atoms with Crippen molar-refractivity contribution in [1.29, 1.82) is 0 Å². The number of ether oxygens (including phenoxy) is 1. The summed E-state index contributed by atoms with van der Waals surface area (Å²) in [5.74, 6) is 6.96. The maximum atomic E-state index is 4.97. The van der Waals surface area contributed by atoms with E-state index in [2.05, 4.69) is 26.7 Å². The van der Waals surface area contributed by atoms with E-state index in [4.69, 9.17) is 4.74 Å². The first-order valence-electron chi connectivity index (χ1n) is 5.40. The highest BCUT2D eigenvalue weighted by Crippen LogP contribution is 2.03. The van der Waals surface area contributed by atoms with Gasteiger partial charge in [0.1, 0.15) is 5.82 Å². The predicted molar refractivity (Wildman–Crippen MR) is 64.0 cm³/mol. The maximum Gasteiger partial charge on any atom is 0.106 e. The third-order valence-corrected chi connectivity index (χ3v) is 2.34. The number of methoxy groups -OCH3 is 1. The smallest absolute Gasteiger partial charge is 0.106 e. The molecule has 16 heavy (non-hydrogen) atoms. The summed E-state index contributed by atoms with van der Waals surface area (Å²) in [5, 5.41) is 3.30. The molecule has 0 amide bonds. The molecule has 0 saturated heterocycles. The van der Waals surface area contributed by atoms with Gasteiger partial charge in [0.2, 0.25) is 0 Å². The zero-order valence-electron chi connectivity index (χ0n) is 10.2. The van der Waals surface area contributed by atoms with E-state index < -0.39 is 0 Å². The SMILES string of the molecule is CC#CCn1c(CNCCOC)cnc1C. The third kappa shape index (κ3) is 3.69. The second kappa shape index (κ2) is 7.04. The summed E-state index contributed by atoms with van der Waals surface area (Å²) in [6, 6.07) is 0. The topological polar surface area (TPSA) is 39.1 Å². The maximum absolute atomic E-state index is 4.97. The Morgan fingerprint density at radius 1 is 1.56 bits per heavy atom. The first-order chi connectivity index (χ1) is 7.79. The van der Waals surface area contributed by atoms with Gasteiger partial charge in [-0.2, -0.15) is 0 Å². The molecule has 1 rings (SSSR count). The second-order valence-corrected chi connectivity index (χ2v) is 3.48. The van der Waals surface area contributed by atoms with Gasteiger partial charge in [0.05, 0.1) is 18.8 Å². The van der Waals surface area contributed by atoms with Crippen LogP contribution in [-0.4, -0.2) is 29.8 Å². The Morgan fingerprint density at radius 2 is 2.38 bits per heavy atom. The van der Waals surface area contributed by atoms with Crippen LogP contribution >= 0.6 is 0 Å². The van der Waals surface area contributed by atoms with Crippen LogP contribution in [0.1, 0.15) is 18.4 Å². The molecule has 4 nitrogen and oxygen atoms in total. The van der Waals surface area contributed by atoms with Crippen molar-refractivity contribution in [3.05, 3.63) is 17.7 Å². The van der Waals surface area contributed by atoms with E-state index in [0.717, 1.165) is 31.2 Å². The second-order valence-electron chi connectivity index (χ2n) is 3.48. The third-order valence-electron chi connectivity index (χ3n) is 2.34. The summed E-state index contributed by atoms with van der Waals surface area (Å²) in [7, 11) is 1.70. The quantitative estimate of drug-likeness (QED) is 0.574. The predicted octanol–water partition coefficient (Wildman–Crippen LogP) is 0.951. The van der Waals surface area contributed by atoms with Gasteiger partial charge in [0.25, 0.3) is 0 Å². The molecule has 1 aromatic heterocycles. The number of nitrogens with zero attached hydrogens (tertiary/aromatic N) is 2. The fourth-order valence-corrected chi connectivity index (χ4v) is 1.42. The standard InChI is InChI=1S/C12H19N3O/c1-4-5-7-15-11(2)14-10-12(15)9-13-6-8-16-3/h10,13H,6-9H2,1-3H3. The molecule has 0 fully saturated rings. The Balaban J connectivity index is 2.53. The van der Waals surface area contributed by atoms with Crippen molar-refractivity contribution < 1.29 is 4.74 Å². The summed E-state index contributed by atoms with van der Waals surface area (Å²) in [6.45, 7) is 6.93. The van der Waals surface area contributed by atoms with Gasteiger partial charge in [-0.3, -0.25) is 0 Å². The molecule has 0 saturated carbocycles. The molecule has 0 spiro atoms. The molecule has 1 N–H and O–H groups in total. The average Bonchev–Trinajstić information content (AvgIpc) is 2.63. The summed E-state index contributed by atoms with van der Waals surface area (Å²) in [5.41, 5.74) is 1.16. The lowest BCUT2D eigenvalue weighted by molar-refractivity contribution is 0.199. The normalized spacial score (nSPS) is 9.94. The van der Waals surface area contributed by atoms with Gasteiger partial charge in [-0.25, -0.2) is 4.98 Å². The van der Waals surface area contributed by atoms with Gasteiger partial charge < -0.3 is 14.6 Å². The Labute approximate surface area is 97.0 Å². The highest BCUT2D eigenvalue weighted by molar-refractivity contribution is 5.08. The molecule has 0 aliphatic heterocycles. The first kappa shape index (κ1) is 12.8. The molecule has 0 aliphatic carbocycles. The van der Waals surface area contributed by atoms with Crippen molar-refractivity contribution in [3.63, 3.8) is 0 Å². The molecule has 0 unspecified atom stereocenters. The fraction of sp³-hybridized carbons (Fsp3) is 0.583. The van der Waals surface area contributed by atoms with Crippen LogP contribution in [0.4, 0.5) is 0 Å². The van der Waals surface area contributed by atoms with Crippen molar-refractivity contribution in [2.45, 2.75) is 26.9 Å². The monoisotopic (exact) mass is 221 g/mol. The van der Waals surface area contributed by atoms with Crippen LogP contribution in [0, 0.1) is 18.8 Å². The van der Waals surface area contributed by atoms with Gasteiger partial charge >= 0.3 is 0 Å². The number of imidazole rings is 1. The molecule has 0 bridgehead atoms. The summed E-state index contributed by atoms with van der Waals surface area (Å²) < 4.78 is 7.09. The number of rotatable bonds is 6. The van der Waals surface area contributed by atoms with Crippen LogP contribution in [0.25, 0.3) is 0 Å². The molecule has 1 heterocycles. The minimum Gasteiger partial charge on any atom is -0.383 e. The largest absolute Gasteiger partial charge is 0.383 e. The minimum atomic E-state index is 0.712. The number of nitrogens with one attached hydrogen (secondary N) is 1. The molecule has 4 heteroatoms. The lowest BCUT2D eigenvalue weighted by Crippen LogP contribution is -2.20. The molecular weight excluding hydrogens is 202 g/mol. The van der Waals surface area contributed by atoms with Crippen LogP contribution in [0.2, 0.25) is 0 Å². The molecule has 0 atom stereocenters. The van der Waals surface area contributed by atoms with Gasteiger partial charge in [0.15, 0.2) is 0 Å². The van der Waals surface area contributed by atoms with E-state index in [-0.39, 0.29) is 0 Å². The number of hydrogen-bond donors (Lipinski definition) is 1.